The van der Waals surface area contributed by atoms with E-state index in [1.54, 1.807) is 53.7 Å². The van der Waals surface area contributed by atoms with Crippen molar-refractivity contribution in [1.82, 2.24) is 15.5 Å². The minimum absolute atomic E-state index is 0.0869. The Labute approximate surface area is 255 Å². The van der Waals surface area contributed by atoms with Crippen LogP contribution in [0, 0.1) is 0 Å². The highest BCUT2D eigenvalue weighted by atomic mass is 16.6. The maximum absolute atomic E-state index is 14.1. The van der Waals surface area contributed by atoms with Crippen LogP contribution in [0.15, 0.2) is 54.6 Å². The number of phenols is 1. The van der Waals surface area contributed by atoms with Gasteiger partial charge in [-0.3, -0.25) is 9.59 Å². The highest BCUT2D eigenvalue weighted by molar-refractivity contribution is 5.93. The Morgan fingerprint density at radius 2 is 1.53 bits per heavy atom. The van der Waals surface area contributed by atoms with Crippen molar-refractivity contribution in [2.45, 2.75) is 97.4 Å². The average Bonchev–Trinajstić information content (AvgIpc) is 2.89. The van der Waals surface area contributed by atoms with E-state index < -0.39 is 53.7 Å². The van der Waals surface area contributed by atoms with Crippen molar-refractivity contribution in [2.75, 3.05) is 13.1 Å². The smallest absolute Gasteiger partial charge is 0.408 e. The van der Waals surface area contributed by atoms with Gasteiger partial charge in [-0.1, -0.05) is 62.2 Å². The van der Waals surface area contributed by atoms with Crippen LogP contribution in [-0.2, 0) is 30.3 Å². The van der Waals surface area contributed by atoms with Crippen molar-refractivity contribution in [3.63, 3.8) is 0 Å². The number of hydrogen-bond donors (Lipinski definition) is 3. The molecule has 3 amide bonds. The average molecular weight is 598 g/mol. The van der Waals surface area contributed by atoms with Crippen molar-refractivity contribution in [1.29, 1.82) is 0 Å². The summed E-state index contributed by atoms with van der Waals surface area (Å²) in [6, 6.07) is 13.0. The summed E-state index contributed by atoms with van der Waals surface area (Å²) in [5.74, 6) is -1.85. The standard InChI is InChI=1S/C33H47N3O7/c1-8-9-13-19-36(27(38)22-34-31(41)43-33(5,6)7)28(24-17-14-18-25(37)21-24)29(39)35-26(30(40)42-32(2,3)4)20-23-15-11-10-12-16-23/h10-12,14-18,21,26,28,37H,8-9,13,19-20,22H2,1-7H3,(H,34,41)(H,35,39). The number of amides is 3. The van der Waals surface area contributed by atoms with Gasteiger partial charge in [-0.05, 0) is 71.2 Å². The lowest BCUT2D eigenvalue weighted by Gasteiger charge is -2.33. The van der Waals surface area contributed by atoms with Crippen LogP contribution >= 0.6 is 0 Å². The molecule has 0 aliphatic rings. The molecule has 2 aromatic carbocycles. The van der Waals surface area contributed by atoms with Gasteiger partial charge in [-0.15, -0.1) is 0 Å². The minimum Gasteiger partial charge on any atom is -0.508 e. The van der Waals surface area contributed by atoms with Gasteiger partial charge in [0, 0.05) is 13.0 Å². The second-order valence-electron chi connectivity index (χ2n) is 12.4. The number of phenolic OH excluding ortho intramolecular Hbond substituents is 1. The second-order valence-corrected chi connectivity index (χ2v) is 12.4. The fraction of sp³-hybridized carbons (Fsp3) is 0.515. The number of rotatable bonds is 13. The number of carbonyl (C=O) groups excluding carboxylic acids is 4. The maximum atomic E-state index is 14.1. The first kappa shape index (κ1) is 35.1. The molecule has 0 aromatic heterocycles. The molecule has 0 aliphatic heterocycles. The number of nitrogens with zero attached hydrogens (tertiary/aromatic N) is 1. The van der Waals surface area contributed by atoms with E-state index >= 15 is 0 Å². The minimum atomic E-state index is -1.21. The van der Waals surface area contributed by atoms with E-state index in [9.17, 15) is 24.3 Å². The molecule has 0 spiro atoms. The van der Waals surface area contributed by atoms with E-state index in [2.05, 4.69) is 10.6 Å². The van der Waals surface area contributed by atoms with Crippen LogP contribution < -0.4 is 10.6 Å². The summed E-state index contributed by atoms with van der Waals surface area (Å²) in [5, 5.41) is 15.6. The summed E-state index contributed by atoms with van der Waals surface area (Å²) < 4.78 is 10.9. The van der Waals surface area contributed by atoms with Crippen molar-refractivity contribution < 1.29 is 33.8 Å². The Morgan fingerprint density at radius 3 is 2.12 bits per heavy atom. The van der Waals surface area contributed by atoms with Gasteiger partial charge in [-0.2, -0.15) is 0 Å². The Bertz CT molecular complexity index is 1220. The number of benzene rings is 2. The summed E-state index contributed by atoms with van der Waals surface area (Å²) in [6.07, 6.45) is 1.67. The normalized spacial score (nSPS) is 12.9. The SMILES string of the molecule is CCCCCN(C(=O)CNC(=O)OC(C)(C)C)C(C(=O)NC(Cc1ccccc1)C(=O)OC(C)(C)C)c1cccc(O)c1. The van der Waals surface area contributed by atoms with Crippen LogP contribution in [0.2, 0.25) is 0 Å². The Kier molecular flexibility index (Phi) is 13.0. The van der Waals surface area contributed by atoms with Crippen LogP contribution in [0.1, 0.15) is 84.9 Å². The molecule has 0 saturated heterocycles. The molecular weight excluding hydrogens is 550 g/mol. The van der Waals surface area contributed by atoms with E-state index in [0.717, 1.165) is 18.4 Å². The largest absolute Gasteiger partial charge is 0.508 e. The highest BCUT2D eigenvalue weighted by Crippen LogP contribution is 2.26. The van der Waals surface area contributed by atoms with E-state index in [1.807, 2.05) is 37.3 Å². The molecule has 2 rings (SSSR count). The molecular formula is C33H47N3O7. The van der Waals surface area contributed by atoms with Gasteiger partial charge in [-0.25, -0.2) is 9.59 Å². The molecule has 10 nitrogen and oxygen atoms in total. The topological polar surface area (TPSA) is 134 Å². The predicted octanol–water partition coefficient (Wildman–Crippen LogP) is 5.05. The fourth-order valence-corrected chi connectivity index (χ4v) is 4.33. The van der Waals surface area contributed by atoms with Crippen LogP contribution in [0.25, 0.3) is 0 Å². The van der Waals surface area contributed by atoms with Gasteiger partial charge in [0.05, 0.1) is 0 Å². The quantitative estimate of drug-likeness (QED) is 0.217. The van der Waals surface area contributed by atoms with E-state index in [4.69, 9.17) is 9.47 Å². The molecule has 0 saturated carbocycles. The summed E-state index contributed by atoms with van der Waals surface area (Å²) in [7, 11) is 0. The number of aromatic hydroxyl groups is 1. The third-order valence-corrected chi connectivity index (χ3v) is 6.14. The molecule has 2 aromatic rings. The Balaban J connectivity index is 2.46. The Morgan fingerprint density at radius 1 is 0.884 bits per heavy atom. The van der Waals surface area contributed by atoms with Crippen LogP contribution in [-0.4, -0.2) is 64.2 Å². The molecule has 0 bridgehead atoms. The summed E-state index contributed by atoms with van der Waals surface area (Å²) in [6.45, 7) is 12.2. The molecule has 0 fully saturated rings. The summed E-state index contributed by atoms with van der Waals surface area (Å²) in [5.41, 5.74) is -0.392. The maximum Gasteiger partial charge on any atom is 0.408 e. The number of hydrogen-bond acceptors (Lipinski definition) is 7. The first-order valence-corrected chi connectivity index (χ1v) is 14.7. The van der Waals surface area contributed by atoms with E-state index in [-0.39, 0.29) is 18.7 Å². The number of esters is 1. The van der Waals surface area contributed by atoms with Crippen LogP contribution in [0.4, 0.5) is 4.79 Å². The molecule has 10 heteroatoms. The predicted molar refractivity (Wildman–Crippen MR) is 164 cm³/mol. The third-order valence-electron chi connectivity index (χ3n) is 6.14. The number of unbranched alkanes of at least 4 members (excludes halogenated alkanes) is 2. The zero-order valence-corrected chi connectivity index (χ0v) is 26.4. The number of alkyl carbamates (subject to hydrolysis) is 1. The van der Waals surface area contributed by atoms with Gasteiger partial charge in [0.2, 0.25) is 11.8 Å². The number of ether oxygens (including phenoxy) is 2. The molecule has 0 radical (unpaired) electrons. The molecule has 236 valence electrons. The zero-order chi connectivity index (χ0) is 32.2. The summed E-state index contributed by atoms with van der Waals surface area (Å²) >= 11 is 0. The lowest BCUT2D eigenvalue weighted by molar-refractivity contribution is -0.159. The van der Waals surface area contributed by atoms with Crippen molar-refractivity contribution in [3.05, 3.63) is 65.7 Å². The molecule has 0 heterocycles. The van der Waals surface area contributed by atoms with Gasteiger partial charge in [0.25, 0.3) is 0 Å². The molecule has 43 heavy (non-hydrogen) atoms. The van der Waals surface area contributed by atoms with E-state index in [0.29, 0.717) is 12.0 Å². The van der Waals surface area contributed by atoms with Gasteiger partial charge in [0.1, 0.15) is 35.6 Å². The third kappa shape index (κ3) is 12.8. The molecule has 0 aliphatic carbocycles. The highest BCUT2D eigenvalue weighted by Gasteiger charge is 2.35. The van der Waals surface area contributed by atoms with Gasteiger partial charge in [0.15, 0.2) is 0 Å². The molecule has 2 atom stereocenters. The second kappa shape index (κ2) is 16.0. The Hall–Kier alpha value is -4.08. The van der Waals surface area contributed by atoms with Crippen LogP contribution in [0.3, 0.4) is 0 Å². The summed E-state index contributed by atoms with van der Waals surface area (Å²) in [4.78, 5) is 54.7. The first-order chi connectivity index (χ1) is 20.1. The first-order valence-electron chi connectivity index (χ1n) is 14.7. The van der Waals surface area contributed by atoms with Crippen LogP contribution in [0.5, 0.6) is 5.75 Å². The molecule has 3 N–H and O–H groups in total. The number of nitrogens with one attached hydrogen (secondary N) is 2. The molecule has 2 unspecified atom stereocenters. The lowest BCUT2D eigenvalue weighted by Crippen LogP contribution is -2.52. The fourth-order valence-electron chi connectivity index (χ4n) is 4.33. The lowest BCUT2D eigenvalue weighted by atomic mass is 10.0. The van der Waals surface area contributed by atoms with Crippen molar-refractivity contribution >= 4 is 23.9 Å². The van der Waals surface area contributed by atoms with Gasteiger partial charge < -0.3 is 30.1 Å². The number of carbonyl (C=O) groups is 4. The zero-order valence-electron chi connectivity index (χ0n) is 26.4. The monoisotopic (exact) mass is 597 g/mol. The van der Waals surface area contributed by atoms with Crippen molar-refractivity contribution in [3.8, 4) is 5.75 Å². The van der Waals surface area contributed by atoms with E-state index in [1.165, 1.54) is 17.0 Å². The van der Waals surface area contributed by atoms with Crippen molar-refractivity contribution in [2.24, 2.45) is 0 Å². The van der Waals surface area contributed by atoms with Gasteiger partial charge >= 0.3 is 12.1 Å².